The van der Waals surface area contributed by atoms with E-state index in [1.807, 2.05) is 0 Å². The molecule has 1 amide bonds. The predicted octanol–water partition coefficient (Wildman–Crippen LogP) is 5.50. The fourth-order valence-electron chi connectivity index (χ4n) is 5.76. The number of hydrogen-bond donors (Lipinski definition) is 0. The zero-order chi connectivity index (χ0) is 23.8. The Balaban J connectivity index is 1.56. The maximum atomic E-state index is 13.9. The average Bonchev–Trinajstić information content (AvgIpc) is 3.23. The van der Waals surface area contributed by atoms with Crippen LogP contribution in [0.4, 0.5) is 13.2 Å². The second-order valence-electron chi connectivity index (χ2n) is 10.3. The maximum Gasteiger partial charge on any atom is 0.433 e. The molecule has 2 aromatic heterocycles. The van der Waals surface area contributed by atoms with Crippen molar-refractivity contribution in [3.63, 3.8) is 0 Å². The third-order valence-corrected chi connectivity index (χ3v) is 6.86. The third kappa shape index (κ3) is 3.96. The van der Waals surface area contributed by atoms with E-state index in [4.69, 9.17) is 11.6 Å². The van der Waals surface area contributed by atoms with Gasteiger partial charge in [-0.1, -0.05) is 44.5 Å². The van der Waals surface area contributed by atoms with Crippen LogP contribution >= 0.6 is 11.6 Å². The fraction of sp³-hybridized carbons (Fsp3) is 0.478. The van der Waals surface area contributed by atoms with Crippen molar-refractivity contribution in [3.05, 3.63) is 46.9 Å². The lowest BCUT2D eigenvalue weighted by Crippen LogP contribution is -2.38. The van der Waals surface area contributed by atoms with Crippen LogP contribution in [0.15, 0.2) is 30.3 Å². The van der Waals surface area contributed by atoms with Gasteiger partial charge in [0.1, 0.15) is 0 Å². The van der Waals surface area contributed by atoms with Crippen LogP contribution in [0.2, 0.25) is 5.02 Å². The minimum atomic E-state index is -4.71. The Labute approximate surface area is 193 Å². The van der Waals surface area contributed by atoms with Crippen molar-refractivity contribution >= 4 is 23.3 Å². The van der Waals surface area contributed by atoms with E-state index in [0.717, 1.165) is 25.3 Å². The summed E-state index contributed by atoms with van der Waals surface area (Å²) in [7, 11) is 0. The molecule has 33 heavy (non-hydrogen) atoms. The van der Waals surface area contributed by atoms with Gasteiger partial charge in [-0.05, 0) is 48.3 Å². The number of nitrogens with zero attached hydrogens (tertiary/aromatic N) is 5. The van der Waals surface area contributed by atoms with Crippen molar-refractivity contribution in [2.45, 2.75) is 52.3 Å². The number of aromatic nitrogens is 4. The van der Waals surface area contributed by atoms with Gasteiger partial charge >= 0.3 is 6.18 Å². The number of alkyl halides is 3. The van der Waals surface area contributed by atoms with Crippen LogP contribution in [0, 0.1) is 10.8 Å². The second kappa shape index (κ2) is 7.16. The second-order valence-corrected chi connectivity index (χ2v) is 10.8. The summed E-state index contributed by atoms with van der Waals surface area (Å²) in [5.41, 5.74) is -0.441. The molecule has 2 unspecified atom stereocenters. The lowest BCUT2D eigenvalue weighted by atomic mass is 9.65. The van der Waals surface area contributed by atoms with E-state index >= 15 is 0 Å². The van der Waals surface area contributed by atoms with Gasteiger partial charge in [-0.3, -0.25) is 4.79 Å². The van der Waals surface area contributed by atoms with Crippen LogP contribution in [0.1, 0.15) is 56.3 Å². The predicted molar refractivity (Wildman–Crippen MR) is 117 cm³/mol. The molecule has 1 saturated heterocycles. The van der Waals surface area contributed by atoms with Gasteiger partial charge in [-0.15, -0.1) is 5.10 Å². The van der Waals surface area contributed by atoms with Crippen LogP contribution in [-0.2, 0) is 6.18 Å². The standard InChI is InChI=1S/C23H23ClF3N5O/c1-21(2)9-15-10-22(3,11-21)12-31(15)19(33)18-29-20-28-16(13-4-6-14(24)7-5-13)8-17(23(25,26)27)32(20)30-18/h4-8,15H,9-12H2,1-3H3. The molecule has 0 radical (unpaired) electrons. The number of fused-ring (bicyclic) bond motifs is 3. The first-order chi connectivity index (χ1) is 15.3. The quantitative estimate of drug-likeness (QED) is 0.488. The smallest absolute Gasteiger partial charge is 0.332 e. The molecule has 2 atom stereocenters. The van der Waals surface area contributed by atoms with Gasteiger partial charge in [0, 0.05) is 23.2 Å². The molecule has 174 valence electrons. The molecule has 10 heteroatoms. The molecule has 6 nitrogen and oxygen atoms in total. The van der Waals surface area contributed by atoms with E-state index in [-0.39, 0.29) is 34.2 Å². The number of halogens is 4. The minimum absolute atomic E-state index is 0.0155. The molecular formula is C23H23ClF3N5O. The Hall–Kier alpha value is -2.68. The van der Waals surface area contributed by atoms with Gasteiger partial charge < -0.3 is 4.90 Å². The summed E-state index contributed by atoms with van der Waals surface area (Å²) in [5.74, 6) is -0.991. The number of likely N-dealkylation sites (tertiary alicyclic amines) is 1. The van der Waals surface area contributed by atoms with Gasteiger partial charge in [-0.25, -0.2) is 4.98 Å². The Morgan fingerprint density at radius 3 is 2.48 bits per heavy atom. The number of carbonyl (C=O) groups is 1. The first kappa shape index (κ1) is 22.1. The van der Waals surface area contributed by atoms with Crippen LogP contribution in [0.3, 0.4) is 0 Å². The van der Waals surface area contributed by atoms with Crippen LogP contribution < -0.4 is 0 Å². The number of benzene rings is 1. The van der Waals surface area contributed by atoms with Crippen LogP contribution in [-0.4, -0.2) is 43.0 Å². The fourth-order valence-corrected chi connectivity index (χ4v) is 5.88. The summed E-state index contributed by atoms with van der Waals surface area (Å²) in [6.45, 7) is 7.08. The highest BCUT2D eigenvalue weighted by atomic mass is 35.5. The Bertz CT molecular complexity index is 1250. The topological polar surface area (TPSA) is 63.4 Å². The van der Waals surface area contributed by atoms with Crippen molar-refractivity contribution in [1.82, 2.24) is 24.5 Å². The SMILES string of the molecule is CC1(C)CC2CC(C)(CN2C(=O)c2nc3nc(-c4ccc(Cl)cc4)cc(C(F)(F)F)n3n2)C1. The van der Waals surface area contributed by atoms with Crippen molar-refractivity contribution in [3.8, 4) is 11.3 Å². The number of carbonyl (C=O) groups excluding carboxylic acids is 1. The third-order valence-electron chi connectivity index (χ3n) is 6.61. The first-order valence-corrected chi connectivity index (χ1v) is 11.1. The van der Waals surface area contributed by atoms with Crippen molar-refractivity contribution in [2.75, 3.05) is 6.54 Å². The number of hydrogen-bond acceptors (Lipinski definition) is 4. The van der Waals surface area contributed by atoms with Crippen molar-refractivity contribution in [1.29, 1.82) is 0 Å². The molecule has 5 rings (SSSR count). The molecule has 0 spiro atoms. The maximum absolute atomic E-state index is 13.9. The molecule has 1 aromatic carbocycles. The normalized spacial score (nSPS) is 24.5. The zero-order valence-electron chi connectivity index (χ0n) is 18.4. The van der Waals surface area contributed by atoms with Crippen LogP contribution in [0.25, 0.3) is 17.0 Å². The van der Waals surface area contributed by atoms with Gasteiger partial charge in [0.05, 0.1) is 5.69 Å². The number of rotatable bonds is 2. The largest absolute Gasteiger partial charge is 0.433 e. The highest BCUT2D eigenvalue weighted by Gasteiger charge is 2.51. The molecule has 3 aromatic rings. The summed E-state index contributed by atoms with van der Waals surface area (Å²) in [4.78, 5) is 23.5. The lowest BCUT2D eigenvalue weighted by molar-refractivity contribution is -0.142. The molecule has 2 aliphatic rings. The summed E-state index contributed by atoms with van der Waals surface area (Å²) >= 11 is 5.90. The molecule has 1 saturated carbocycles. The molecule has 2 fully saturated rings. The average molecular weight is 478 g/mol. The summed E-state index contributed by atoms with van der Waals surface area (Å²) in [6, 6.07) is 7.24. The van der Waals surface area contributed by atoms with Crippen molar-refractivity contribution < 1.29 is 18.0 Å². The molecule has 2 bridgehead atoms. The zero-order valence-corrected chi connectivity index (χ0v) is 19.2. The van der Waals surface area contributed by atoms with E-state index in [2.05, 4.69) is 35.8 Å². The van der Waals surface area contributed by atoms with Crippen molar-refractivity contribution in [2.24, 2.45) is 10.8 Å². The molecular weight excluding hydrogens is 455 g/mol. The first-order valence-electron chi connectivity index (χ1n) is 10.8. The summed E-state index contributed by atoms with van der Waals surface area (Å²) < 4.78 is 42.2. The molecule has 0 N–H and O–H groups in total. The summed E-state index contributed by atoms with van der Waals surface area (Å²) in [5, 5.41) is 4.41. The van der Waals surface area contributed by atoms with E-state index in [1.54, 1.807) is 29.2 Å². The van der Waals surface area contributed by atoms with Gasteiger partial charge in [0.25, 0.3) is 11.7 Å². The highest BCUT2D eigenvalue weighted by Crippen LogP contribution is 2.52. The number of amides is 1. The van der Waals surface area contributed by atoms with E-state index < -0.39 is 17.8 Å². The minimum Gasteiger partial charge on any atom is -0.332 e. The van der Waals surface area contributed by atoms with Crippen LogP contribution in [0.5, 0.6) is 0 Å². The summed E-state index contributed by atoms with van der Waals surface area (Å²) in [6.07, 6.45) is -2.00. The molecule has 1 aliphatic heterocycles. The van der Waals surface area contributed by atoms with Gasteiger partial charge in [0.15, 0.2) is 5.69 Å². The van der Waals surface area contributed by atoms with E-state index in [9.17, 15) is 18.0 Å². The van der Waals surface area contributed by atoms with E-state index in [1.165, 1.54) is 0 Å². The Morgan fingerprint density at radius 2 is 1.82 bits per heavy atom. The molecule has 1 aliphatic carbocycles. The van der Waals surface area contributed by atoms with E-state index in [0.29, 0.717) is 21.6 Å². The Kier molecular flexibility index (Phi) is 4.80. The lowest BCUT2D eigenvalue weighted by Gasteiger charge is -2.39. The van der Waals surface area contributed by atoms with Gasteiger partial charge in [0.2, 0.25) is 5.82 Å². The monoisotopic (exact) mass is 477 g/mol. The Morgan fingerprint density at radius 1 is 1.12 bits per heavy atom. The van der Waals surface area contributed by atoms with Gasteiger partial charge in [-0.2, -0.15) is 22.7 Å². The highest BCUT2D eigenvalue weighted by molar-refractivity contribution is 6.30. The molecule has 3 heterocycles.